The average Bonchev–Trinajstić information content (AvgIpc) is 2.65. The van der Waals surface area contributed by atoms with E-state index in [2.05, 4.69) is 91.9 Å². The van der Waals surface area contributed by atoms with Crippen LogP contribution in [0.5, 0.6) is 5.75 Å². The minimum Gasteiger partial charge on any atom is -1.00 e. The van der Waals surface area contributed by atoms with E-state index in [0.717, 1.165) is 25.2 Å². The number of hydrogen-bond donors (Lipinski definition) is 0. The molecule has 0 N–H and O–H groups in total. The molecule has 0 bridgehead atoms. The van der Waals surface area contributed by atoms with E-state index in [9.17, 15) is 0 Å². The molecule has 3 aromatic carbocycles. The first-order valence-electron chi connectivity index (χ1n) is 8.46. The zero-order valence-electron chi connectivity index (χ0n) is 14.4. The molecule has 0 fully saturated rings. The van der Waals surface area contributed by atoms with Crippen molar-refractivity contribution in [2.75, 3.05) is 6.61 Å². The van der Waals surface area contributed by atoms with Crippen LogP contribution in [-0.4, -0.2) is 6.61 Å². The molecule has 0 unspecified atom stereocenters. The normalized spacial score (nSPS) is 10.3. The first-order valence-corrected chi connectivity index (χ1v) is 9.68. The number of rotatable bonds is 7. The van der Waals surface area contributed by atoms with Crippen LogP contribution in [0.25, 0.3) is 0 Å². The van der Waals surface area contributed by atoms with E-state index in [1.54, 1.807) is 0 Å². The Morgan fingerprint density at radius 2 is 1.16 bits per heavy atom. The molecule has 130 valence electrons. The minimum atomic E-state index is -0.0858. The van der Waals surface area contributed by atoms with Gasteiger partial charge < -0.3 is 28.7 Å². The summed E-state index contributed by atoms with van der Waals surface area (Å²) in [6.07, 6.45) is 2.25. The fourth-order valence-corrected chi connectivity index (χ4v) is 4.61. The zero-order valence-corrected chi connectivity index (χ0v) is 17.4. The van der Waals surface area contributed by atoms with Crippen molar-refractivity contribution in [1.82, 2.24) is 0 Å². The van der Waals surface area contributed by atoms with Gasteiger partial charge in [-0.1, -0.05) is 49.7 Å². The van der Waals surface area contributed by atoms with E-state index in [1.807, 2.05) is 0 Å². The van der Waals surface area contributed by atoms with E-state index in [0.29, 0.717) is 0 Å². The summed E-state index contributed by atoms with van der Waals surface area (Å²) in [5.41, 5.74) is 0. The molecule has 3 aromatic rings. The molecular weight excluding hydrogens is 439 g/mol. The third-order valence-electron chi connectivity index (χ3n) is 3.78. The van der Waals surface area contributed by atoms with E-state index in [4.69, 9.17) is 4.74 Å². The number of benzene rings is 3. The summed E-state index contributed by atoms with van der Waals surface area (Å²) in [6, 6.07) is 30.0. The molecule has 0 aliphatic heterocycles. The smallest absolute Gasteiger partial charge is 0.166 e. The molecule has 0 radical (unpaired) electrons. The average molecular weight is 462 g/mol. The van der Waals surface area contributed by atoms with Gasteiger partial charge in [-0.2, -0.15) is 0 Å². The summed E-state index contributed by atoms with van der Waals surface area (Å²) in [5.74, 6) is 0.955. The number of ether oxygens (including phenoxy) is 1. The van der Waals surface area contributed by atoms with E-state index < -0.39 is 0 Å². The van der Waals surface area contributed by atoms with Crippen molar-refractivity contribution in [3.05, 3.63) is 84.9 Å². The summed E-state index contributed by atoms with van der Waals surface area (Å²) in [6.45, 7) is 2.97. The van der Waals surface area contributed by atoms with Gasteiger partial charge in [0.2, 0.25) is 0 Å². The summed E-state index contributed by atoms with van der Waals surface area (Å²) >= 11 is 0. The van der Waals surface area contributed by atoms with Gasteiger partial charge in [0.25, 0.3) is 0 Å². The lowest BCUT2D eigenvalue weighted by Crippen LogP contribution is -3.00. The molecule has 1 nitrogen and oxygen atoms in total. The second kappa shape index (κ2) is 10.5. The Bertz CT molecular complexity index is 689. The van der Waals surface area contributed by atoms with Gasteiger partial charge >= 0.3 is 0 Å². The van der Waals surface area contributed by atoms with Gasteiger partial charge in [-0.3, -0.25) is 0 Å². The summed E-state index contributed by atoms with van der Waals surface area (Å²) < 4.78 is 5.80. The first-order chi connectivity index (χ1) is 11.9. The standard InChI is InChI=1S/C22H23OS.HI/c1-2-3-18-23-19-14-16-22(17-15-19)24(20-10-6-4-7-11-20)21-12-8-5-9-13-21;/h4-17H,2-3,18H2,1H3;1H/q+1;/p-1. The van der Waals surface area contributed by atoms with Crippen LogP contribution in [0.2, 0.25) is 0 Å². The highest BCUT2D eigenvalue weighted by Crippen LogP contribution is 2.31. The third-order valence-corrected chi connectivity index (χ3v) is 6.01. The van der Waals surface area contributed by atoms with Gasteiger partial charge in [0.15, 0.2) is 14.7 Å². The van der Waals surface area contributed by atoms with Crippen LogP contribution in [0.3, 0.4) is 0 Å². The number of hydrogen-bond acceptors (Lipinski definition) is 1. The molecule has 25 heavy (non-hydrogen) atoms. The van der Waals surface area contributed by atoms with E-state index in [-0.39, 0.29) is 34.9 Å². The largest absolute Gasteiger partial charge is 1.00 e. The highest BCUT2D eigenvalue weighted by molar-refractivity contribution is 7.97. The van der Waals surface area contributed by atoms with Crippen molar-refractivity contribution in [1.29, 1.82) is 0 Å². The molecule has 3 rings (SSSR count). The maximum absolute atomic E-state index is 5.80. The molecule has 0 aromatic heterocycles. The summed E-state index contributed by atoms with van der Waals surface area (Å²) in [4.78, 5) is 3.99. The van der Waals surface area contributed by atoms with Gasteiger partial charge in [0.1, 0.15) is 5.75 Å². The molecule has 0 spiro atoms. The fraction of sp³-hybridized carbons (Fsp3) is 0.182. The first kappa shape index (κ1) is 19.9. The van der Waals surface area contributed by atoms with Crippen molar-refractivity contribution in [2.45, 2.75) is 34.5 Å². The molecular formula is C22H23IOS. The predicted molar refractivity (Wildman–Crippen MR) is 102 cm³/mol. The second-order valence-corrected chi connectivity index (χ2v) is 7.63. The van der Waals surface area contributed by atoms with Crippen LogP contribution in [0.1, 0.15) is 19.8 Å². The Kier molecular flexibility index (Phi) is 8.35. The highest BCUT2D eigenvalue weighted by Gasteiger charge is 2.28. The lowest BCUT2D eigenvalue weighted by Gasteiger charge is -2.09. The molecule has 0 atom stereocenters. The SMILES string of the molecule is CCCCOc1ccc([S+](c2ccccc2)c2ccccc2)cc1.[I-]. The van der Waals surface area contributed by atoms with Gasteiger partial charge in [-0.15, -0.1) is 0 Å². The molecule has 0 aliphatic rings. The minimum absolute atomic E-state index is 0. The van der Waals surface area contributed by atoms with Crippen molar-refractivity contribution in [3.8, 4) is 5.75 Å². The zero-order chi connectivity index (χ0) is 16.6. The van der Waals surface area contributed by atoms with Crippen molar-refractivity contribution in [3.63, 3.8) is 0 Å². The number of unbranched alkanes of at least 4 members (excludes halogenated alkanes) is 1. The Balaban J connectivity index is 0.00000225. The summed E-state index contributed by atoms with van der Waals surface area (Å²) in [7, 11) is -0.0858. The Hall–Kier alpha value is -1.46. The second-order valence-electron chi connectivity index (χ2n) is 5.61. The van der Waals surface area contributed by atoms with Crippen LogP contribution in [-0.2, 0) is 10.9 Å². The van der Waals surface area contributed by atoms with Crippen molar-refractivity contribution in [2.24, 2.45) is 0 Å². The lowest BCUT2D eigenvalue weighted by molar-refractivity contribution is -0.00000535. The van der Waals surface area contributed by atoms with Crippen LogP contribution >= 0.6 is 0 Å². The van der Waals surface area contributed by atoms with Gasteiger partial charge in [-0.25, -0.2) is 0 Å². The summed E-state index contributed by atoms with van der Waals surface area (Å²) in [5, 5.41) is 0. The van der Waals surface area contributed by atoms with Gasteiger partial charge in [-0.05, 0) is 55.0 Å². The topological polar surface area (TPSA) is 9.23 Å². The Labute approximate surface area is 170 Å². The Morgan fingerprint density at radius 1 is 0.680 bits per heavy atom. The molecule has 0 heterocycles. The van der Waals surface area contributed by atoms with Crippen LogP contribution in [0, 0.1) is 0 Å². The molecule has 0 amide bonds. The van der Waals surface area contributed by atoms with Gasteiger partial charge in [0.05, 0.1) is 17.5 Å². The third kappa shape index (κ3) is 5.51. The highest BCUT2D eigenvalue weighted by atomic mass is 127. The monoisotopic (exact) mass is 462 g/mol. The molecule has 3 heteroatoms. The Morgan fingerprint density at radius 3 is 1.64 bits per heavy atom. The lowest BCUT2D eigenvalue weighted by atomic mass is 10.3. The van der Waals surface area contributed by atoms with E-state index in [1.165, 1.54) is 14.7 Å². The molecule has 0 aliphatic carbocycles. The van der Waals surface area contributed by atoms with Crippen molar-refractivity contribution < 1.29 is 28.7 Å². The van der Waals surface area contributed by atoms with Crippen LogP contribution < -0.4 is 28.7 Å². The molecule has 0 saturated carbocycles. The predicted octanol–water partition coefficient (Wildman–Crippen LogP) is 2.96. The fourth-order valence-electron chi connectivity index (χ4n) is 2.53. The number of halogens is 1. The van der Waals surface area contributed by atoms with Crippen LogP contribution in [0.15, 0.2) is 99.6 Å². The quantitative estimate of drug-likeness (QED) is 0.298. The maximum atomic E-state index is 5.80. The van der Waals surface area contributed by atoms with E-state index >= 15 is 0 Å². The van der Waals surface area contributed by atoms with Crippen molar-refractivity contribution >= 4 is 10.9 Å². The van der Waals surface area contributed by atoms with Crippen LogP contribution in [0.4, 0.5) is 0 Å². The van der Waals surface area contributed by atoms with Gasteiger partial charge in [0, 0.05) is 0 Å². The maximum Gasteiger partial charge on any atom is 0.166 e. The molecule has 0 saturated heterocycles.